The van der Waals surface area contributed by atoms with Crippen molar-refractivity contribution in [2.24, 2.45) is 0 Å². The van der Waals surface area contributed by atoms with Crippen molar-refractivity contribution in [1.82, 2.24) is 0 Å². The molecule has 0 aliphatic rings. The lowest BCUT2D eigenvalue weighted by Gasteiger charge is -2.02. The molecule has 0 fully saturated rings. The molecule has 0 unspecified atom stereocenters. The number of hydrogen-bond donors (Lipinski definition) is 0. The first kappa shape index (κ1) is 18.3. The first-order valence-corrected chi connectivity index (χ1v) is 16.5. The smallest absolute Gasteiger partial charge is 0.126 e. The van der Waals surface area contributed by atoms with Crippen LogP contribution in [0.1, 0.15) is 6.42 Å². The molecule has 0 N–H and O–H groups in total. The summed E-state index contributed by atoms with van der Waals surface area (Å²) in [6, 6.07) is 18.3. The Bertz CT molecular complexity index is 541. The highest BCUT2D eigenvalue weighted by atomic mass is 127. The van der Waals surface area contributed by atoms with E-state index in [4.69, 9.17) is 33.2 Å². The van der Waals surface area contributed by atoms with Crippen LogP contribution in [0.2, 0.25) is 6.04 Å². The molecule has 0 aliphatic heterocycles. The molecule has 2 aromatic rings. The Hall–Kier alpha value is 0.987. The third kappa shape index (κ3) is 7.88. The van der Waals surface area contributed by atoms with Gasteiger partial charge in [-0.05, 0) is 48.9 Å². The lowest BCUT2D eigenvalue weighted by Crippen LogP contribution is -3.63. The fraction of sp³-hybridized carbons (Fsp3) is 0.200. The van der Waals surface area contributed by atoms with Gasteiger partial charge in [-0.1, -0.05) is 18.2 Å². The van der Waals surface area contributed by atoms with Gasteiger partial charge in [-0.15, -0.1) is 33.2 Å². The molecule has 6 heteroatoms. The number of rotatable bonds is 7. The monoisotopic (exact) mass is 582 g/mol. The van der Waals surface area contributed by atoms with Gasteiger partial charge in [0.15, 0.2) is 10.7 Å². The number of benzene rings is 2. The Morgan fingerprint density at radius 2 is 1.33 bits per heavy atom. The van der Waals surface area contributed by atoms with Crippen LogP contribution < -0.4 is 42.4 Å². The minimum atomic E-state index is -2.41. The summed E-state index contributed by atoms with van der Waals surface area (Å²) in [6.45, 7) is 0. The molecule has 0 bridgehead atoms. The predicted molar refractivity (Wildman–Crippen MR) is 86.6 cm³/mol. The zero-order chi connectivity index (χ0) is 15.1. The summed E-state index contributed by atoms with van der Waals surface area (Å²) >= 11 is 17.7. The number of alkyl halides is 1. The number of hydrogen-bond acceptors (Lipinski definition) is 0. The van der Waals surface area contributed by atoms with Crippen LogP contribution in [0.4, 0.5) is 0 Å². The molecule has 0 aliphatic carbocycles. The van der Waals surface area contributed by atoms with Crippen molar-refractivity contribution in [1.29, 1.82) is 0 Å². The topological polar surface area (TPSA) is 0 Å². The molecule has 0 spiro atoms. The average Bonchev–Trinajstić information content (AvgIpc) is 2.45. The first-order valence-electron chi connectivity index (χ1n) is 6.49. The van der Waals surface area contributed by atoms with Crippen molar-refractivity contribution in [3.8, 4) is 0 Å². The van der Waals surface area contributed by atoms with E-state index in [0.29, 0.717) is 0 Å². The van der Waals surface area contributed by atoms with Gasteiger partial charge < -0.3 is 0 Å². The quantitative estimate of drug-likeness (QED) is 0.131. The van der Waals surface area contributed by atoms with Crippen LogP contribution in [0.3, 0.4) is 0 Å². The fourth-order valence-corrected chi connectivity index (χ4v) is 8.60. The van der Waals surface area contributed by atoms with Crippen molar-refractivity contribution >= 4 is 39.2 Å². The molecule has 0 atom stereocenters. The molecular formula is C15H15Cl3I2Si+2. The highest BCUT2D eigenvalue weighted by Gasteiger charge is 2.25. The van der Waals surface area contributed by atoms with E-state index in [1.807, 2.05) is 0 Å². The summed E-state index contributed by atoms with van der Waals surface area (Å²) in [4.78, 5) is 0. The average molecular weight is 584 g/mol. The summed E-state index contributed by atoms with van der Waals surface area (Å²) in [5, 5.41) is 0. The van der Waals surface area contributed by atoms with Gasteiger partial charge in [0.2, 0.25) is 0 Å². The van der Waals surface area contributed by atoms with Crippen LogP contribution in [0.15, 0.2) is 54.6 Å². The Kier molecular flexibility index (Phi) is 8.14. The molecule has 0 heterocycles. The van der Waals surface area contributed by atoms with E-state index in [1.165, 1.54) is 15.1 Å². The van der Waals surface area contributed by atoms with Gasteiger partial charge in [-0.3, -0.25) is 0 Å². The number of halogens is 5. The molecule has 0 nitrogen and oxygen atoms in total. The van der Waals surface area contributed by atoms with Gasteiger partial charge in [-0.25, -0.2) is 0 Å². The molecule has 2 rings (SSSR count). The van der Waals surface area contributed by atoms with E-state index in [1.54, 1.807) is 0 Å². The van der Waals surface area contributed by atoms with Crippen molar-refractivity contribution in [3.63, 3.8) is 0 Å². The summed E-state index contributed by atoms with van der Waals surface area (Å²) < 4.78 is 5.63. The lowest BCUT2D eigenvalue weighted by molar-refractivity contribution is -0.627. The van der Waals surface area contributed by atoms with Crippen LogP contribution in [0, 0.1) is 10.7 Å². The molecule has 2 aromatic carbocycles. The van der Waals surface area contributed by atoms with Crippen LogP contribution in [0.25, 0.3) is 0 Å². The van der Waals surface area contributed by atoms with E-state index >= 15 is 0 Å². The molecule has 0 saturated carbocycles. The second-order valence-electron chi connectivity index (χ2n) is 4.37. The Labute approximate surface area is 162 Å². The zero-order valence-corrected chi connectivity index (χ0v) is 18.8. The van der Waals surface area contributed by atoms with Gasteiger partial charge in [0.25, 0.3) is 0 Å². The van der Waals surface area contributed by atoms with Crippen LogP contribution >= 0.6 is 33.2 Å². The van der Waals surface area contributed by atoms with Gasteiger partial charge in [0.05, 0.1) is 0 Å². The van der Waals surface area contributed by atoms with E-state index in [2.05, 4.69) is 54.6 Å². The summed E-state index contributed by atoms with van der Waals surface area (Å²) in [7, 11) is 0. The predicted octanol–water partition coefficient (Wildman–Crippen LogP) is -0.881. The third-order valence-electron chi connectivity index (χ3n) is 2.60. The lowest BCUT2D eigenvalue weighted by atomic mass is 10.4. The Balaban J connectivity index is 1.79. The SMILES string of the molecule is Cl[Si](Cl)(Cl)CCC[I+]c1ccc([I+]c2ccccc2)cc1. The summed E-state index contributed by atoms with van der Waals surface area (Å²) in [5.41, 5.74) is 0. The molecule has 0 aromatic heterocycles. The standard InChI is InChI=1S/C15H15Cl3I2Si/c16-21(17,18)12-4-11-19-13-7-9-15(10-8-13)20-14-5-2-1-3-6-14/h1-3,5-10H,4,11-12H2/q+2. The van der Waals surface area contributed by atoms with Crippen molar-refractivity contribution in [3.05, 3.63) is 65.3 Å². The first-order chi connectivity index (χ1) is 10.0. The van der Waals surface area contributed by atoms with Crippen molar-refractivity contribution in [2.75, 3.05) is 4.43 Å². The maximum atomic E-state index is 5.90. The van der Waals surface area contributed by atoms with E-state index in [-0.39, 0.29) is 42.4 Å². The van der Waals surface area contributed by atoms with E-state index in [9.17, 15) is 0 Å². The molecule has 21 heavy (non-hydrogen) atoms. The largest absolute Gasteiger partial charge is 0.357 e. The minimum Gasteiger partial charge on any atom is -0.126 e. The van der Waals surface area contributed by atoms with Gasteiger partial charge in [-0.2, -0.15) is 0 Å². The summed E-state index contributed by atoms with van der Waals surface area (Å²) in [5.74, 6) is 0. The normalized spacial score (nSPS) is 11.6. The highest BCUT2D eigenvalue weighted by Crippen LogP contribution is 2.25. The molecule has 0 amide bonds. The molecule has 0 saturated heterocycles. The second kappa shape index (κ2) is 9.32. The molecule has 0 radical (unpaired) electrons. The van der Waals surface area contributed by atoms with Crippen LogP contribution in [0.5, 0.6) is 0 Å². The zero-order valence-electron chi connectivity index (χ0n) is 11.2. The van der Waals surface area contributed by atoms with Gasteiger partial charge >= 0.3 is 48.4 Å². The van der Waals surface area contributed by atoms with Gasteiger partial charge in [0, 0.05) is 0 Å². The second-order valence-corrected chi connectivity index (χ2v) is 19.8. The Morgan fingerprint density at radius 1 is 0.762 bits per heavy atom. The minimum absolute atomic E-state index is 0.0513. The van der Waals surface area contributed by atoms with E-state index in [0.717, 1.165) is 12.5 Å². The summed E-state index contributed by atoms with van der Waals surface area (Å²) in [6.07, 6.45) is 1.05. The maximum Gasteiger partial charge on any atom is 0.357 e. The third-order valence-corrected chi connectivity index (χ3v) is 10.8. The van der Waals surface area contributed by atoms with E-state index < -0.39 is 6.00 Å². The van der Waals surface area contributed by atoms with Gasteiger partial charge in [0.1, 0.15) is 4.43 Å². The fourth-order valence-electron chi connectivity index (χ4n) is 1.63. The molecule has 112 valence electrons. The van der Waals surface area contributed by atoms with Crippen molar-refractivity contribution in [2.45, 2.75) is 12.5 Å². The molecular weight excluding hydrogens is 568 g/mol. The maximum absolute atomic E-state index is 5.90. The highest BCUT2D eigenvalue weighted by molar-refractivity contribution is 7.64. The van der Waals surface area contributed by atoms with Crippen LogP contribution in [-0.2, 0) is 0 Å². The van der Waals surface area contributed by atoms with Crippen LogP contribution in [-0.4, -0.2) is 10.4 Å². The van der Waals surface area contributed by atoms with Crippen molar-refractivity contribution < 1.29 is 42.4 Å². The Morgan fingerprint density at radius 3 is 1.95 bits per heavy atom.